The van der Waals surface area contributed by atoms with Gasteiger partial charge >= 0.3 is 5.97 Å². The van der Waals surface area contributed by atoms with Crippen molar-refractivity contribution in [1.29, 1.82) is 5.26 Å². The summed E-state index contributed by atoms with van der Waals surface area (Å²) in [5.74, 6) is -3.73. The second-order valence-electron chi connectivity index (χ2n) is 8.36. The van der Waals surface area contributed by atoms with E-state index in [9.17, 15) is 9.59 Å². The molecule has 0 saturated heterocycles. The Morgan fingerprint density at radius 1 is 0.839 bits per heavy atom. The molecule has 0 aromatic heterocycles. The van der Waals surface area contributed by atoms with Crippen LogP contribution in [0, 0.1) is 17.2 Å². The molecule has 5 nitrogen and oxygen atoms in total. The van der Waals surface area contributed by atoms with E-state index >= 15 is 0 Å². The number of aliphatic carboxylic acids is 1. The molecule has 0 spiro atoms. The standard InChI is InChI=1S/C26H40N2O3/c1-2-3-4-5-6-7-8-9-10-11-12-13-14-15-20-28-23-18-16-22(17-19-23)25(29)24(21-27)26(30)31/h16-19,24,28H,2-15,20H2,1H3,(H,30,31). The maximum Gasteiger partial charge on any atom is 0.329 e. The van der Waals surface area contributed by atoms with Crippen LogP contribution in [0.1, 0.15) is 107 Å². The summed E-state index contributed by atoms with van der Waals surface area (Å²) in [4.78, 5) is 22.9. The Labute approximate surface area is 188 Å². The molecule has 0 heterocycles. The van der Waals surface area contributed by atoms with Crippen molar-refractivity contribution in [2.75, 3.05) is 11.9 Å². The van der Waals surface area contributed by atoms with E-state index in [1.54, 1.807) is 24.3 Å². The van der Waals surface area contributed by atoms with E-state index in [2.05, 4.69) is 12.2 Å². The van der Waals surface area contributed by atoms with E-state index in [1.807, 2.05) is 0 Å². The first kappa shape index (κ1) is 26.7. The number of carbonyl (C=O) groups is 2. The topological polar surface area (TPSA) is 90.2 Å². The molecule has 0 amide bonds. The normalized spacial score (nSPS) is 11.6. The predicted molar refractivity (Wildman–Crippen MR) is 126 cm³/mol. The minimum Gasteiger partial charge on any atom is -0.480 e. The third-order valence-electron chi connectivity index (χ3n) is 5.67. The summed E-state index contributed by atoms with van der Waals surface area (Å²) in [6.45, 7) is 3.14. The average Bonchev–Trinajstić information content (AvgIpc) is 2.77. The van der Waals surface area contributed by atoms with Gasteiger partial charge in [-0.05, 0) is 30.7 Å². The average molecular weight is 429 g/mol. The SMILES string of the molecule is CCCCCCCCCCCCCCCCNc1ccc(C(=O)C(C#N)C(=O)O)cc1. The zero-order valence-corrected chi connectivity index (χ0v) is 19.2. The molecule has 2 N–H and O–H groups in total. The van der Waals surface area contributed by atoms with Crippen molar-refractivity contribution in [3.05, 3.63) is 29.8 Å². The van der Waals surface area contributed by atoms with Crippen molar-refractivity contribution >= 4 is 17.4 Å². The lowest BCUT2D eigenvalue weighted by atomic mass is 9.99. The summed E-state index contributed by atoms with van der Waals surface area (Å²) < 4.78 is 0. The van der Waals surface area contributed by atoms with Gasteiger partial charge in [0.05, 0.1) is 6.07 Å². The number of hydrogen-bond donors (Lipinski definition) is 2. The van der Waals surface area contributed by atoms with E-state index in [1.165, 1.54) is 89.5 Å². The zero-order chi connectivity index (χ0) is 22.7. The molecular weight excluding hydrogens is 388 g/mol. The summed E-state index contributed by atoms with van der Waals surface area (Å²) in [5.41, 5.74) is 1.14. The van der Waals surface area contributed by atoms with Gasteiger partial charge in [-0.15, -0.1) is 0 Å². The Balaban J connectivity index is 2.02. The van der Waals surface area contributed by atoms with Gasteiger partial charge in [0.2, 0.25) is 5.92 Å². The first-order valence-electron chi connectivity index (χ1n) is 12.1. The van der Waals surface area contributed by atoms with Crippen LogP contribution >= 0.6 is 0 Å². The number of nitriles is 1. The van der Waals surface area contributed by atoms with Crippen molar-refractivity contribution in [1.82, 2.24) is 0 Å². The van der Waals surface area contributed by atoms with Crippen LogP contribution in [0.2, 0.25) is 0 Å². The number of carboxylic acids is 1. The van der Waals surface area contributed by atoms with Crippen LogP contribution in [0.5, 0.6) is 0 Å². The number of carboxylic acid groups (broad SMARTS) is 1. The molecule has 1 atom stereocenters. The second-order valence-corrected chi connectivity index (χ2v) is 8.36. The second kappa shape index (κ2) is 17.3. The largest absolute Gasteiger partial charge is 0.480 e. The lowest BCUT2D eigenvalue weighted by Gasteiger charge is -2.08. The molecule has 0 bridgehead atoms. The monoisotopic (exact) mass is 428 g/mol. The molecule has 0 aliphatic carbocycles. The first-order valence-corrected chi connectivity index (χ1v) is 12.1. The highest BCUT2D eigenvalue weighted by Gasteiger charge is 2.26. The number of hydrogen-bond acceptors (Lipinski definition) is 4. The highest BCUT2D eigenvalue weighted by molar-refractivity contribution is 6.10. The molecule has 0 aliphatic heterocycles. The Bertz CT molecular complexity index is 664. The fraction of sp³-hybridized carbons (Fsp3) is 0.654. The fourth-order valence-electron chi connectivity index (χ4n) is 3.70. The Morgan fingerprint density at radius 3 is 1.71 bits per heavy atom. The molecule has 5 heteroatoms. The highest BCUT2D eigenvalue weighted by atomic mass is 16.4. The van der Waals surface area contributed by atoms with Gasteiger partial charge in [-0.25, -0.2) is 0 Å². The number of nitrogens with zero attached hydrogens (tertiary/aromatic N) is 1. The lowest BCUT2D eigenvalue weighted by Crippen LogP contribution is -2.22. The maximum atomic E-state index is 12.0. The van der Waals surface area contributed by atoms with Gasteiger partial charge in [0.25, 0.3) is 0 Å². The molecule has 1 aromatic rings. The van der Waals surface area contributed by atoms with Crippen LogP contribution in [0.15, 0.2) is 24.3 Å². The van der Waals surface area contributed by atoms with Crippen LogP contribution in [0.4, 0.5) is 5.69 Å². The van der Waals surface area contributed by atoms with E-state index in [0.29, 0.717) is 0 Å². The molecule has 1 unspecified atom stereocenters. The third-order valence-corrected chi connectivity index (χ3v) is 5.67. The molecule has 0 radical (unpaired) electrons. The summed E-state index contributed by atoms with van der Waals surface area (Å²) in [7, 11) is 0. The number of anilines is 1. The van der Waals surface area contributed by atoms with Gasteiger partial charge in [0.1, 0.15) is 0 Å². The van der Waals surface area contributed by atoms with Gasteiger partial charge in [-0.1, -0.05) is 90.4 Å². The van der Waals surface area contributed by atoms with Crippen LogP contribution in [-0.4, -0.2) is 23.4 Å². The van der Waals surface area contributed by atoms with Crippen LogP contribution < -0.4 is 5.32 Å². The molecule has 1 aromatic carbocycles. The maximum absolute atomic E-state index is 12.0. The quantitative estimate of drug-likeness (QED) is 0.141. The smallest absolute Gasteiger partial charge is 0.329 e. The summed E-state index contributed by atoms with van der Waals surface area (Å²) in [5, 5.41) is 21.1. The van der Waals surface area contributed by atoms with E-state index in [4.69, 9.17) is 10.4 Å². The molecule has 0 aliphatic rings. The summed E-state index contributed by atoms with van der Waals surface area (Å²) >= 11 is 0. The van der Waals surface area contributed by atoms with Gasteiger partial charge in [-0.3, -0.25) is 9.59 Å². The van der Waals surface area contributed by atoms with Gasteiger partial charge in [-0.2, -0.15) is 5.26 Å². The number of Topliss-reactive ketones (excluding diaryl/α,β-unsaturated/α-hetero) is 1. The summed E-state index contributed by atoms with van der Waals surface area (Å²) in [6.07, 6.45) is 18.8. The number of carbonyl (C=O) groups excluding carboxylic acids is 1. The van der Waals surface area contributed by atoms with Crippen molar-refractivity contribution < 1.29 is 14.7 Å². The zero-order valence-electron chi connectivity index (χ0n) is 19.2. The van der Waals surface area contributed by atoms with Crippen molar-refractivity contribution in [2.24, 2.45) is 5.92 Å². The number of nitrogens with one attached hydrogen (secondary N) is 1. The van der Waals surface area contributed by atoms with Crippen LogP contribution in [0.3, 0.4) is 0 Å². The Morgan fingerprint density at radius 2 is 1.29 bits per heavy atom. The van der Waals surface area contributed by atoms with E-state index in [0.717, 1.165) is 18.7 Å². The molecule has 31 heavy (non-hydrogen) atoms. The third kappa shape index (κ3) is 12.2. The van der Waals surface area contributed by atoms with Crippen molar-refractivity contribution in [3.8, 4) is 6.07 Å². The predicted octanol–water partition coefficient (Wildman–Crippen LogP) is 6.99. The molecule has 172 valence electrons. The van der Waals surface area contributed by atoms with Crippen LogP contribution in [0.25, 0.3) is 0 Å². The van der Waals surface area contributed by atoms with Crippen molar-refractivity contribution in [3.63, 3.8) is 0 Å². The fourth-order valence-corrected chi connectivity index (χ4v) is 3.70. The van der Waals surface area contributed by atoms with Crippen LogP contribution in [-0.2, 0) is 4.79 Å². The Kier molecular flexibility index (Phi) is 14.9. The van der Waals surface area contributed by atoms with Gasteiger partial charge < -0.3 is 10.4 Å². The number of ketones is 1. The highest BCUT2D eigenvalue weighted by Crippen LogP contribution is 2.15. The number of rotatable bonds is 19. The van der Waals surface area contributed by atoms with Gasteiger partial charge in [0, 0.05) is 17.8 Å². The minimum atomic E-state index is -1.64. The molecular formula is C26H40N2O3. The summed E-state index contributed by atoms with van der Waals surface area (Å²) in [6, 6.07) is 8.19. The van der Waals surface area contributed by atoms with Crippen molar-refractivity contribution in [2.45, 2.75) is 96.8 Å². The number of unbranched alkanes of at least 4 members (excludes halogenated alkanes) is 13. The van der Waals surface area contributed by atoms with E-state index < -0.39 is 17.7 Å². The molecule has 0 saturated carbocycles. The number of benzene rings is 1. The van der Waals surface area contributed by atoms with E-state index in [-0.39, 0.29) is 5.56 Å². The minimum absolute atomic E-state index is 0.246. The Hall–Kier alpha value is -2.35. The lowest BCUT2D eigenvalue weighted by molar-refractivity contribution is -0.138. The molecule has 1 rings (SSSR count). The van der Waals surface area contributed by atoms with Gasteiger partial charge in [0.15, 0.2) is 5.78 Å². The molecule has 0 fully saturated rings. The first-order chi connectivity index (χ1) is 15.1.